The van der Waals surface area contributed by atoms with Crippen molar-refractivity contribution in [1.29, 1.82) is 0 Å². The van der Waals surface area contributed by atoms with Gasteiger partial charge >= 0.3 is 12.2 Å². The molecule has 1 fully saturated rings. The molecule has 2 heterocycles. The molecule has 11 heteroatoms. The summed E-state index contributed by atoms with van der Waals surface area (Å²) in [5.74, 6) is 0.188. The van der Waals surface area contributed by atoms with E-state index in [1.807, 2.05) is 0 Å². The molecule has 1 saturated heterocycles. The van der Waals surface area contributed by atoms with Crippen LogP contribution >= 0.6 is 15.9 Å². The van der Waals surface area contributed by atoms with E-state index < -0.39 is 42.5 Å². The van der Waals surface area contributed by atoms with Gasteiger partial charge in [-0.2, -0.15) is 5.10 Å². The van der Waals surface area contributed by atoms with E-state index in [1.54, 1.807) is 41.5 Å². The number of likely N-dealkylation sites (tertiary alicyclic amines) is 1. The second-order valence-corrected chi connectivity index (χ2v) is 10.3. The Bertz CT molecular complexity index is 994. The van der Waals surface area contributed by atoms with Crippen molar-refractivity contribution in [2.24, 2.45) is 0 Å². The molecule has 2 amide bonds. The number of methoxy groups -OCH3 is 1. The largest absolute Gasteiger partial charge is 0.444 e. The molecule has 1 aromatic rings. The van der Waals surface area contributed by atoms with E-state index in [0.717, 1.165) is 0 Å². The third-order valence-electron chi connectivity index (χ3n) is 4.56. The maximum Gasteiger partial charge on any atom is 0.414 e. The van der Waals surface area contributed by atoms with Crippen LogP contribution in [0, 0.1) is 6.57 Å². The minimum atomic E-state index is -2.63. The topological polar surface area (TPSA) is 90.5 Å². The van der Waals surface area contributed by atoms with E-state index in [-0.39, 0.29) is 35.7 Å². The van der Waals surface area contributed by atoms with Crippen LogP contribution in [0.4, 0.5) is 21.1 Å². The van der Waals surface area contributed by atoms with Crippen molar-refractivity contribution in [2.45, 2.75) is 71.2 Å². The predicted octanol–water partition coefficient (Wildman–Crippen LogP) is 4.76. The van der Waals surface area contributed by atoms with Crippen LogP contribution in [-0.2, 0) is 14.2 Å². The third kappa shape index (κ3) is 6.13. The Hall–Kier alpha value is -2.32. The number of carbonyl (C=O) groups is 2. The molecule has 0 spiro atoms. The molecule has 2 atom stereocenters. The summed E-state index contributed by atoms with van der Waals surface area (Å²) in [5, 5.41) is 4.41. The summed E-state index contributed by atoms with van der Waals surface area (Å²) in [4.78, 5) is 31.8. The Morgan fingerprint density at radius 2 is 1.91 bits per heavy atom. The fourth-order valence-electron chi connectivity index (χ4n) is 3.34. The number of rotatable bonds is 4. The molecule has 2 rings (SSSR count). The van der Waals surface area contributed by atoms with Crippen molar-refractivity contribution in [3.63, 3.8) is 0 Å². The first-order valence-electron chi connectivity index (χ1n) is 11.6. The van der Waals surface area contributed by atoms with Gasteiger partial charge in [0.1, 0.15) is 21.6 Å². The van der Waals surface area contributed by atoms with E-state index in [1.165, 1.54) is 21.5 Å². The van der Waals surface area contributed by atoms with Gasteiger partial charge in [-0.15, -0.1) is 0 Å². The average molecular weight is 517 g/mol. The zero-order chi connectivity index (χ0) is 26.9. The molecule has 0 unspecified atom stereocenters. The molecule has 0 aromatic carbocycles. The smallest absolute Gasteiger partial charge is 0.414 e. The van der Waals surface area contributed by atoms with Gasteiger partial charge in [-0.3, -0.25) is 9.58 Å². The van der Waals surface area contributed by atoms with Gasteiger partial charge in [-0.1, -0.05) is 0 Å². The summed E-state index contributed by atoms with van der Waals surface area (Å²) in [6.45, 7) is 17.8. The zero-order valence-corrected chi connectivity index (χ0v) is 21.0. The Morgan fingerprint density at radius 1 is 1.28 bits per heavy atom. The minimum absolute atomic E-state index is 0.101. The van der Waals surface area contributed by atoms with E-state index in [2.05, 4.69) is 25.9 Å². The fraction of sp³-hybridized carbons (Fsp3) is 0.714. The third-order valence-corrected chi connectivity index (χ3v) is 5.09. The standard InChI is InChI=1S/C21H32BrN5O5/c1-20(2,3)31-18(28)25(8)17-15(23-7)16(22)24-27(17)13-10-14(12-30-9)26(11-13)19(29)32-21(4,5)6/h13-14H,10-12H2,1-6,8-9H3/t13-,14+/m0/s1/i9D3. The second kappa shape index (κ2) is 9.67. The first-order valence-corrected chi connectivity index (χ1v) is 10.9. The van der Waals surface area contributed by atoms with Crippen LogP contribution < -0.4 is 4.90 Å². The van der Waals surface area contributed by atoms with Crippen LogP contribution in [-0.4, -0.2) is 71.3 Å². The molecule has 0 aliphatic carbocycles. The Morgan fingerprint density at radius 3 is 2.44 bits per heavy atom. The Labute approximate surface area is 201 Å². The number of anilines is 1. The second-order valence-electron chi connectivity index (χ2n) is 9.55. The van der Waals surface area contributed by atoms with E-state index in [9.17, 15) is 9.59 Å². The molecule has 0 radical (unpaired) electrons. The normalized spacial score (nSPS) is 20.7. The van der Waals surface area contributed by atoms with Gasteiger partial charge in [0, 0.05) is 20.6 Å². The Kier molecular flexibility index (Phi) is 6.50. The lowest BCUT2D eigenvalue weighted by Crippen LogP contribution is -2.41. The van der Waals surface area contributed by atoms with Crippen LogP contribution in [0.25, 0.3) is 4.85 Å². The number of amides is 2. The molecule has 0 saturated carbocycles. The monoisotopic (exact) mass is 516 g/mol. The molecule has 178 valence electrons. The zero-order valence-electron chi connectivity index (χ0n) is 22.4. The number of halogens is 1. The lowest BCUT2D eigenvalue weighted by molar-refractivity contribution is 0.0145. The van der Waals surface area contributed by atoms with Crippen LogP contribution in [0.5, 0.6) is 0 Å². The maximum atomic E-state index is 12.9. The van der Waals surface area contributed by atoms with Crippen LogP contribution in [0.1, 0.15) is 58.1 Å². The van der Waals surface area contributed by atoms with Crippen molar-refractivity contribution >= 4 is 39.6 Å². The van der Waals surface area contributed by atoms with Crippen LogP contribution in [0.2, 0.25) is 0 Å². The lowest BCUT2D eigenvalue weighted by Gasteiger charge is -2.28. The molecule has 0 N–H and O–H groups in total. The number of aromatic nitrogens is 2. The molecule has 32 heavy (non-hydrogen) atoms. The highest BCUT2D eigenvalue weighted by atomic mass is 79.9. The number of carbonyl (C=O) groups excluding carboxylic acids is 2. The van der Waals surface area contributed by atoms with Gasteiger partial charge in [0.25, 0.3) is 5.69 Å². The molecular weight excluding hydrogens is 482 g/mol. The SMILES string of the molecule is [2H]C([2H])([2H])OC[C@H]1C[C@H](n2nc(Br)c([N+]#[C-])c2N(C)C(=O)OC(C)(C)C)CN1C(=O)OC(C)(C)C. The number of hydrogen-bond donors (Lipinski definition) is 0. The van der Waals surface area contributed by atoms with Crippen LogP contribution in [0.15, 0.2) is 4.60 Å². The van der Waals surface area contributed by atoms with Crippen molar-refractivity contribution < 1.29 is 27.9 Å². The Balaban J connectivity index is 2.44. The van der Waals surface area contributed by atoms with Gasteiger partial charge < -0.3 is 19.1 Å². The van der Waals surface area contributed by atoms with E-state index >= 15 is 0 Å². The molecule has 1 aliphatic rings. The van der Waals surface area contributed by atoms with Gasteiger partial charge in [-0.05, 0) is 63.9 Å². The van der Waals surface area contributed by atoms with E-state index in [0.29, 0.717) is 0 Å². The average Bonchev–Trinajstić information content (AvgIpc) is 3.23. The fourth-order valence-corrected chi connectivity index (χ4v) is 3.77. The summed E-state index contributed by atoms with van der Waals surface area (Å²) >= 11 is 3.28. The minimum Gasteiger partial charge on any atom is -0.444 e. The van der Waals surface area contributed by atoms with Gasteiger partial charge in [0.15, 0.2) is 0 Å². The van der Waals surface area contributed by atoms with Gasteiger partial charge in [-0.25, -0.2) is 14.4 Å². The van der Waals surface area contributed by atoms with Gasteiger partial charge in [0.2, 0.25) is 0 Å². The highest BCUT2D eigenvalue weighted by Crippen LogP contribution is 2.41. The van der Waals surface area contributed by atoms with Crippen molar-refractivity contribution in [1.82, 2.24) is 14.7 Å². The summed E-state index contributed by atoms with van der Waals surface area (Å²) in [7, 11) is -1.16. The van der Waals surface area contributed by atoms with Crippen molar-refractivity contribution in [3.8, 4) is 0 Å². The first-order chi connectivity index (χ1) is 15.8. The molecule has 1 aromatic heterocycles. The maximum absolute atomic E-state index is 12.9. The molecule has 0 bridgehead atoms. The predicted molar refractivity (Wildman–Crippen MR) is 123 cm³/mol. The lowest BCUT2D eigenvalue weighted by atomic mass is 10.2. The first kappa shape index (κ1) is 21.5. The summed E-state index contributed by atoms with van der Waals surface area (Å²) < 4.78 is 39.7. The summed E-state index contributed by atoms with van der Waals surface area (Å²) in [6, 6.07) is -1.13. The summed E-state index contributed by atoms with van der Waals surface area (Å²) in [5.41, 5.74) is -1.42. The molecule has 1 aliphatic heterocycles. The highest BCUT2D eigenvalue weighted by molar-refractivity contribution is 9.10. The number of ether oxygens (including phenoxy) is 3. The summed E-state index contributed by atoms with van der Waals surface area (Å²) in [6.07, 6.45) is -1.05. The number of hydrogen-bond acceptors (Lipinski definition) is 6. The molecular formula is C21H32BrN5O5. The highest BCUT2D eigenvalue weighted by Gasteiger charge is 2.41. The number of nitrogens with zero attached hydrogens (tertiary/aromatic N) is 5. The quantitative estimate of drug-likeness (QED) is 0.535. The molecule has 10 nitrogen and oxygen atoms in total. The van der Waals surface area contributed by atoms with Crippen molar-refractivity contribution in [2.75, 3.05) is 32.1 Å². The van der Waals surface area contributed by atoms with Crippen LogP contribution in [0.3, 0.4) is 0 Å². The van der Waals surface area contributed by atoms with Gasteiger partial charge in [0.05, 0.1) is 29.4 Å². The van der Waals surface area contributed by atoms with Crippen molar-refractivity contribution in [3.05, 3.63) is 16.0 Å². The van der Waals surface area contributed by atoms with E-state index in [4.69, 9.17) is 24.9 Å².